The lowest BCUT2D eigenvalue weighted by Gasteiger charge is -2.20. The van der Waals surface area contributed by atoms with Gasteiger partial charge in [0.1, 0.15) is 12.4 Å². The molecule has 0 N–H and O–H groups in total. The summed E-state index contributed by atoms with van der Waals surface area (Å²) in [5.41, 5.74) is 6.82. The molecule has 0 radical (unpaired) electrons. The molecule has 0 aliphatic carbocycles. The van der Waals surface area contributed by atoms with Crippen LogP contribution in [0.1, 0.15) is 35.8 Å². The number of ether oxygens (including phenoxy) is 1. The molecule has 6 rings (SSSR count). The van der Waals surface area contributed by atoms with Crippen LogP contribution >= 0.6 is 0 Å². The maximum absolute atomic E-state index is 13.4. The first-order valence-corrected chi connectivity index (χ1v) is 12.6. The number of para-hydroxylation sites is 1. The van der Waals surface area contributed by atoms with Crippen molar-refractivity contribution < 1.29 is 9.53 Å². The first kappa shape index (κ1) is 23.0. The lowest BCUT2D eigenvalue weighted by Crippen LogP contribution is -2.32. The van der Waals surface area contributed by atoms with E-state index in [0.717, 1.165) is 44.5 Å². The monoisotopic (exact) mass is 488 g/mol. The van der Waals surface area contributed by atoms with Gasteiger partial charge in [0.15, 0.2) is 0 Å². The summed E-state index contributed by atoms with van der Waals surface area (Å²) in [5.74, 6) is 0.823. The second-order valence-electron chi connectivity index (χ2n) is 9.69. The van der Waals surface area contributed by atoms with Crippen LogP contribution < -0.4 is 4.74 Å². The highest BCUT2D eigenvalue weighted by Gasteiger charge is 2.22. The average molecular weight is 489 g/mol. The Morgan fingerprint density at radius 2 is 1.70 bits per heavy atom. The molecule has 184 valence electrons. The fraction of sp³-hybridized carbons (Fsp3) is 0.194. The van der Waals surface area contributed by atoms with E-state index in [1.54, 1.807) is 0 Å². The van der Waals surface area contributed by atoms with Gasteiger partial charge in [-0.1, -0.05) is 36.4 Å². The fourth-order valence-electron chi connectivity index (χ4n) is 4.73. The number of benzene rings is 3. The number of pyridine rings is 1. The molecule has 1 aliphatic heterocycles. The van der Waals surface area contributed by atoms with Gasteiger partial charge in [0.2, 0.25) is 0 Å². The molecule has 3 aromatic carbocycles. The van der Waals surface area contributed by atoms with Crippen molar-refractivity contribution in [1.82, 2.24) is 19.7 Å². The molecule has 6 nitrogen and oxygen atoms in total. The Labute approximate surface area is 216 Å². The SMILES string of the molecule is CC(C)n1cc(-c2ccc(C(=O)N3CCOc4ccc(-c5cnc6ccccc6c5)cc4C3)cc2)cn1. The molecule has 0 unspecified atom stereocenters. The van der Waals surface area contributed by atoms with Crippen LogP contribution in [-0.4, -0.2) is 38.7 Å². The zero-order chi connectivity index (χ0) is 25.4. The smallest absolute Gasteiger partial charge is 0.254 e. The molecule has 1 amide bonds. The van der Waals surface area contributed by atoms with Gasteiger partial charge in [0, 0.05) is 52.6 Å². The first-order valence-electron chi connectivity index (χ1n) is 12.6. The fourth-order valence-corrected chi connectivity index (χ4v) is 4.73. The summed E-state index contributed by atoms with van der Waals surface area (Å²) in [6, 6.07) is 24.5. The van der Waals surface area contributed by atoms with Crippen LogP contribution in [0.3, 0.4) is 0 Å². The van der Waals surface area contributed by atoms with Crippen LogP contribution in [0.15, 0.2) is 91.4 Å². The molecule has 0 atom stereocenters. The number of carbonyl (C=O) groups excluding carboxylic acids is 1. The summed E-state index contributed by atoms with van der Waals surface area (Å²) in [6.07, 6.45) is 5.80. The topological polar surface area (TPSA) is 60.2 Å². The number of amides is 1. The van der Waals surface area contributed by atoms with Crippen molar-refractivity contribution in [2.75, 3.05) is 13.2 Å². The van der Waals surface area contributed by atoms with Gasteiger partial charge in [0.25, 0.3) is 5.91 Å². The van der Waals surface area contributed by atoms with Gasteiger partial charge in [-0.15, -0.1) is 0 Å². The van der Waals surface area contributed by atoms with E-state index in [-0.39, 0.29) is 5.91 Å². The van der Waals surface area contributed by atoms with Crippen LogP contribution in [0.4, 0.5) is 0 Å². The van der Waals surface area contributed by atoms with Gasteiger partial charge in [-0.25, -0.2) is 0 Å². The number of fused-ring (bicyclic) bond motifs is 2. The minimum Gasteiger partial charge on any atom is -0.491 e. The molecule has 3 heterocycles. The standard InChI is InChI=1S/C31H28N4O2/c1-21(2)35-20-28(18-33-35)22-7-9-23(10-8-22)31(36)34-13-14-37-30-12-11-24(15-27(30)19-34)26-16-25-5-3-4-6-29(25)32-17-26/h3-12,15-18,20-21H,13-14,19H2,1-2H3. The van der Waals surface area contributed by atoms with E-state index in [0.29, 0.717) is 31.3 Å². The summed E-state index contributed by atoms with van der Waals surface area (Å²) in [6.45, 7) is 5.68. The lowest BCUT2D eigenvalue weighted by atomic mass is 10.0. The lowest BCUT2D eigenvalue weighted by molar-refractivity contribution is 0.0733. The summed E-state index contributed by atoms with van der Waals surface area (Å²) >= 11 is 0. The molecule has 6 heteroatoms. The number of nitrogens with zero attached hydrogens (tertiary/aromatic N) is 4. The van der Waals surface area contributed by atoms with Crippen LogP contribution in [0, 0.1) is 0 Å². The summed E-state index contributed by atoms with van der Waals surface area (Å²) in [7, 11) is 0. The van der Waals surface area contributed by atoms with E-state index < -0.39 is 0 Å². The maximum atomic E-state index is 13.4. The molecule has 2 aromatic heterocycles. The van der Waals surface area contributed by atoms with E-state index in [4.69, 9.17) is 4.74 Å². The van der Waals surface area contributed by atoms with Gasteiger partial charge in [-0.3, -0.25) is 14.5 Å². The minimum absolute atomic E-state index is 0.00125. The van der Waals surface area contributed by atoms with E-state index >= 15 is 0 Å². The third kappa shape index (κ3) is 4.58. The number of aromatic nitrogens is 3. The van der Waals surface area contributed by atoms with Crippen LogP contribution in [-0.2, 0) is 6.54 Å². The van der Waals surface area contributed by atoms with Gasteiger partial charge in [-0.2, -0.15) is 5.10 Å². The minimum atomic E-state index is -0.00125. The zero-order valence-corrected chi connectivity index (χ0v) is 21.0. The van der Waals surface area contributed by atoms with Gasteiger partial charge < -0.3 is 9.64 Å². The Morgan fingerprint density at radius 1 is 0.892 bits per heavy atom. The van der Waals surface area contributed by atoms with Crippen molar-refractivity contribution in [2.45, 2.75) is 26.4 Å². The van der Waals surface area contributed by atoms with Crippen molar-refractivity contribution in [3.8, 4) is 28.0 Å². The number of rotatable bonds is 4. The maximum Gasteiger partial charge on any atom is 0.254 e. The predicted molar refractivity (Wildman–Crippen MR) is 145 cm³/mol. The molecule has 5 aromatic rings. The van der Waals surface area contributed by atoms with Crippen molar-refractivity contribution in [3.63, 3.8) is 0 Å². The summed E-state index contributed by atoms with van der Waals surface area (Å²) < 4.78 is 7.94. The molecule has 0 saturated heterocycles. The van der Waals surface area contributed by atoms with Gasteiger partial charge in [-0.05, 0) is 61.4 Å². The molecule has 1 aliphatic rings. The van der Waals surface area contributed by atoms with Crippen molar-refractivity contribution in [3.05, 3.63) is 103 Å². The molecule has 37 heavy (non-hydrogen) atoms. The summed E-state index contributed by atoms with van der Waals surface area (Å²) in [5, 5.41) is 5.52. The molecular formula is C31H28N4O2. The second kappa shape index (κ2) is 9.54. The number of hydrogen-bond donors (Lipinski definition) is 0. The molecule has 0 fully saturated rings. The Kier molecular flexibility index (Phi) is 5.93. The highest BCUT2D eigenvalue weighted by atomic mass is 16.5. The molecule has 0 saturated carbocycles. The van der Waals surface area contributed by atoms with Gasteiger partial charge >= 0.3 is 0 Å². The largest absolute Gasteiger partial charge is 0.491 e. The highest BCUT2D eigenvalue weighted by molar-refractivity contribution is 5.95. The van der Waals surface area contributed by atoms with Gasteiger partial charge in [0.05, 0.1) is 18.3 Å². The summed E-state index contributed by atoms with van der Waals surface area (Å²) in [4.78, 5) is 19.9. The Hall–Kier alpha value is -4.45. The van der Waals surface area contributed by atoms with Crippen molar-refractivity contribution in [2.24, 2.45) is 0 Å². The second-order valence-corrected chi connectivity index (χ2v) is 9.69. The van der Waals surface area contributed by atoms with E-state index in [1.807, 2.05) is 76.7 Å². The van der Waals surface area contributed by atoms with E-state index in [1.165, 1.54) is 0 Å². The van der Waals surface area contributed by atoms with E-state index in [2.05, 4.69) is 48.2 Å². The zero-order valence-electron chi connectivity index (χ0n) is 21.0. The quantitative estimate of drug-likeness (QED) is 0.294. The Morgan fingerprint density at radius 3 is 2.51 bits per heavy atom. The first-order chi connectivity index (χ1) is 18.0. The van der Waals surface area contributed by atoms with Crippen molar-refractivity contribution in [1.29, 1.82) is 0 Å². The van der Waals surface area contributed by atoms with E-state index in [9.17, 15) is 4.79 Å². The normalized spacial score (nSPS) is 13.3. The van der Waals surface area contributed by atoms with Crippen molar-refractivity contribution >= 4 is 16.8 Å². The molecule has 0 bridgehead atoms. The predicted octanol–water partition coefficient (Wildman–Crippen LogP) is 6.38. The third-order valence-corrected chi connectivity index (χ3v) is 6.85. The number of hydrogen-bond acceptors (Lipinski definition) is 4. The Bertz CT molecular complexity index is 1590. The third-order valence-electron chi connectivity index (χ3n) is 6.85. The highest BCUT2D eigenvalue weighted by Crippen LogP contribution is 2.31. The number of carbonyl (C=O) groups is 1. The van der Waals surface area contributed by atoms with Crippen LogP contribution in [0.25, 0.3) is 33.2 Å². The van der Waals surface area contributed by atoms with Crippen LogP contribution in [0.2, 0.25) is 0 Å². The molecular weight excluding hydrogens is 460 g/mol. The Balaban J connectivity index is 1.23. The van der Waals surface area contributed by atoms with Crippen LogP contribution in [0.5, 0.6) is 5.75 Å². The average Bonchev–Trinajstić information content (AvgIpc) is 3.34. The molecule has 0 spiro atoms.